The van der Waals surface area contributed by atoms with Gasteiger partial charge in [-0.2, -0.15) is 0 Å². The molecule has 1 saturated heterocycles. The Bertz CT molecular complexity index is 877. The second kappa shape index (κ2) is 9.84. The van der Waals surface area contributed by atoms with E-state index in [1.807, 2.05) is 0 Å². The lowest BCUT2D eigenvalue weighted by molar-refractivity contribution is 0.0532. The minimum Gasteiger partial charge on any atom is -0.462 e. The molecule has 1 unspecified atom stereocenters. The summed E-state index contributed by atoms with van der Waals surface area (Å²) in [7, 11) is -3.56. The molecule has 0 saturated carbocycles. The fourth-order valence-electron chi connectivity index (χ4n) is 3.14. The summed E-state index contributed by atoms with van der Waals surface area (Å²) in [5.41, 5.74) is 0. The fraction of sp³-hybridized carbons (Fsp3) is 0.500. The van der Waals surface area contributed by atoms with Gasteiger partial charge in [0.05, 0.1) is 11.5 Å². The summed E-state index contributed by atoms with van der Waals surface area (Å²) in [6, 6.07) is 6.62. The number of carbonyl (C=O) groups excluding carboxylic acids is 1. The third-order valence-corrected chi connectivity index (χ3v) is 7.07. The van der Waals surface area contributed by atoms with E-state index in [1.165, 1.54) is 11.3 Å². The van der Waals surface area contributed by atoms with Crippen molar-refractivity contribution in [2.75, 3.05) is 26.2 Å². The molecule has 9 heteroatoms. The topological polar surface area (TPSA) is 84.5 Å². The van der Waals surface area contributed by atoms with Gasteiger partial charge in [0.2, 0.25) is 10.0 Å². The lowest BCUT2D eigenvalue weighted by Crippen LogP contribution is -2.33. The van der Waals surface area contributed by atoms with Crippen LogP contribution in [0.25, 0.3) is 10.1 Å². The molecule has 3 rings (SSSR count). The van der Waals surface area contributed by atoms with Gasteiger partial charge in [0.25, 0.3) is 0 Å². The zero-order chi connectivity index (χ0) is 18.6. The molecule has 1 atom stereocenters. The monoisotopic (exact) mass is 432 g/mol. The largest absolute Gasteiger partial charge is 0.462 e. The van der Waals surface area contributed by atoms with Gasteiger partial charge in [-0.05, 0) is 74.8 Å². The molecule has 150 valence electrons. The first-order valence-electron chi connectivity index (χ1n) is 8.90. The fourth-order valence-corrected chi connectivity index (χ4v) is 5.16. The van der Waals surface area contributed by atoms with Crippen molar-refractivity contribution in [2.45, 2.75) is 31.1 Å². The summed E-state index contributed by atoms with van der Waals surface area (Å²) in [6.45, 7) is 4.51. The number of hydrogen-bond donors (Lipinski definition) is 2. The Balaban J connectivity index is 0.00000261. The molecule has 1 aromatic heterocycles. The van der Waals surface area contributed by atoms with Gasteiger partial charge in [0.1, 0.15) is 4.88 Å². The van der Waals surface area contributed by atoms with E-state index in [0.29, 0.717) is 23.9 Å². The standard InChI is InChI=1S/C18H24N2O4S2.ClH/c1-2-24-18(21)17-11-14-10-15(5-6-16(14)25-17)26(22,23)20-9-7-13-4-3-8-19-12-13;/h5-6,10-11,13,19-20H,2-4,7-9,12H2,1H3;1H. The van der Waals surface area contributed by atoms with Crippen molar-refractivity contribution in [2.24, 2.45) is 5.92 Å². The van der Waals surface area contributed by atoms with Gasteiger partial charge in [-0.3, -0.25) is 0 Å². The van der Waals surface area contributed by atoms with Crippen molar-refractivity contribution < 1.29 is 17.9 Å². The number of thiophene rings is 1. The van der Waals surface area contributed by atoms with E-state index in [0.717, 1.165) is 42.4 Å². The lowest BCUT2D eigenvalue weighted by atomic mass is 9.96. The van der Waals surface area contributed by atoms with Crippen LogP contribution in [0.4, 0.5) is 0 Å². The van der Waals surface area contributed by atoms with Crippen molar-refractivity contribution in [1.82, 2.24) is 10.0 Å². The first kappa shape index (κ1) is 22.1. The van der Waals surface area contributed by atoms with Crippen LogP contribution in [0, 0.1) is 5.92 Å². The molecule has 0 amide bonds. The van der Waals surface area contributed by atoms with Crippen LogP contribution in [0.15, 0.2) is 29.2 Å². The van der Waals surface area contributed by atoms with E-state index in [1.54, 1.807) is 31.2 Å². The molecule has 6 nitrogen and oxygen atoms in total. The van der Waals surface area contributed by atoms with E-state index >= 15 is 0 Å². The number of halogens is 1. The minimum absolute atomic E-state index is 0. The number of piperidine rings is 1. The molecule has 2 aromatic rings. The average molecular weight is 433 g/mol. The molecule has 0 radical (unpaired) electrons. The number of esters is 1. The van der Waals surface area contributed by atoms with Crippen LogP contribution >= 0.6 is 23.7 Å². The number of hydrogen-bond acceptors (Lipinski definition) is 6. The molecule has 1 aliphatic rings. The number of benzene rings is 1. The summed E-state index contributed by atoms with van der Waals surface area (Å²) < 4.78 is 33.6. The van der Waals surface area contributed by atoms with Crippen molar-refractivity contribution >= 4 is 49.8 Å². The molecular formula is C18H25ClN2O4S2. The predicted molar refractivity (Wildman–Crippen MR) is 110 cm³/mol. The summed E-state index contributed by atoms with van der Waals surface area (Å²) in [4.78, 5) is 12.5. The highest BCUT2D eigenvalue weighted by atomic mass is 35.5. The number of rotatable bonds is 7. The van der Waals surface area contributed by atoms with E-state index < -0.39 is 10.0 Å². The molecule has 1 aliphatic heterocycles. The Labute approximate surface area is 170 Å². The highest BCUT2D eigenvalue weighted by Gasteiger charge is 2.18. The maximum absolute atomic E-state index is 12.5. The van der Waals surface area contributed by atoms with Crippen LogP contribution in [0.3, 0.4) is 0 Å². The molecule has 2 heterocycles. The van der Waals surface area contributed by atoms with Crippen LogP contribution in [-0.2, 0) is 14.8 Å². The molecular weight excluding hydrogens is 408 g/mol. The molecule has 1 fully saturated rings. The maximum Gasteiger partial charge on any atom is 0.348 e. The van der Waals surface area contributed by atoms with E-state index in [-0.39, 0.29) is 23.3 Å². The van der Waals surface area contributed by atoms with E-state index in [2.05, 4.69) is 10.0 Å². The van der Waals surface area contributed by atoms with Crippen molar-refractivity contribution in [1.29, 1.82) is 0 Å². The zero-order valence-electron chi connectivity index (χ0n) is 15.2. The number of fused-ring (bicyclic) bond motifs is 1. The summed E-state index contributed by atoms with van der Waals surface area (Å²) in [5.74, 6) is 0.148. The van der Waals surface area contributed by atoms with Crippen LogP contribution < -0.4 is 10.0 Å². The van der Waals surface area contributed by atoms with Gasteiger partial charge >= 0.3 is 5.97 Å². The van der Waals surface area contributed by atoms with Gasteiger partial charge in [0, 0.05) is 11.2 Å². The molecule has 0 aliphatic carbocycles. The quantitative estimate of drug-likeness (QED) is 0.656. The second-order valence-electron chi connectivity index (χ2n) is 6.43. The number of carbonyl (C=O) groups is 1. The normalized spacial score (nSPS) is 17.4. The minimum atomic E-state index is -3.56. The zero-order valence-corrected chi connectivity index (χ0v) is 17.6. The van der Waals surface area contributed by atoms with Crippen molar-refractivity contribution in [3.63, 3.8) is 0 Å². The van der Waals surface area contributed by atoms with Crippen LogP contribution in [0.2, 0.25) is 0 Å². The Morgan fingerprint density at radius 3 is 2.89 bits per heavy atom. The SMILES string of the molecule is CCOC(=O)c1cc2cc(S(=O)(=O)NCCC3CCCNC3)ccc2s1.Cl. The second-order valence-corrected chi connectivity index (χ2v) is 9.28. The van der Waals surface area contributed by atoms with Crippen LogP contribution in [0.5, 0.6) is 0 Å². The highest BCUT2D eigenvalue weighted by molar-refractivity contribution is 7.89. The van der Waals surface area contributed by atoms with Gasteiger partial charge in [-0.15, -0.1) is 23.7 Å². The van der Waals surface area contributed by atoms with Crippen molar-refractivity contribution in [3.05, 3.63) is 29.1 Å². The Morgan fingerprint density at radius 2 is 2.19 bits per heavy atom. The highest BCUT2D eigenvalue weighted by Crippen LogP contribution is 2.28. The molecule has 0 spiro atoms. The number of sulfonamides is 1. The average Bonchev–Trinajstić information content (AvgIpc) is 3.06. The summed E-state index contributed by atoms with van der Waals surface area (Å²) >= 11 is 1.30. The van der Waals surface area contributed by atoms with Crippen LogP contribution in [-0.4, -0.2) is 40.6 Å². The summed E-state index contributed by atoms with van der Waals surface area (Å²) in [6.07, 6.45) is 3.13. The maximum atomic E-state index is 12.5. The lowest BCUT2D eigenvalue weighted by Gasteiger charge is -2.22. The van der Waals surface area contributed by atoms with Gasteiger partial charge in [-0.25, -0.2) is 17.9 Å². The predicted octanol–water partition coefficient (Wildman–Crippen LogP) is 3.17. The third kappa shape index (κ3) is 5.65. The van der Waals surface area contributed by atoms with Crippen LogP contribution in [0.1, 0.15) is 35.9 Å². The van der Waals surface area contributed by atoms with E-state index in [4.69, 9.17) is 4.74 Å². The molecule has 27 heavy (non-hydrogen) atoms. The first-order valence-corrected chi connectivity index (χ1v) is 11.2. The molecule has 0 bridgehead atoms. The molecule has 1 aromatic carbocycles. The first-order chi connectivity index (χ1) is 12.5. The Morgan fingerprint density at radius 1 is 1.37 bits per heavy atom. The van der Waals surface area contributed by atoms with Gasteiger partial charge in [0.15, 0.2) is 0 Å². The van der Waals surface area contributed by atoms with Gasteiger partial charge < -0.3 is 10.1 Å². The molecule has 2 N–H and O–H groups in total. The van der Waals surface area contributed by atoms with E-state index in [9.17, 15) is 13.2 Å². The smallest absolute Gasteiger partial charge is 0.348 e. The Hall–Kier alpha value is -1.19. The Kier molecular flexibility index (Phi) is 8.05. The van der Waals surface area contributed by atoms with Crippen molar-refractivity contribution in [3.8, 4) is 0 Å². The number of nitrogens with one attached hydrogen (secondary N) is 2. The third-order valence-electron chi connectivity index (χ3n) is 4.52. The number of ether oxygens (including phenoxy) is 1. The summed E-state index contributed by atoms with van der Waals surface area (Å²) in [5, 5.41) is 4.07. The van der Waals surface area contributed by atoms with Gasteiger partial charge in [-0.1, -0.05) is 0 Å².